The molecular formula is C23H18Cl2N2O2S2. The normalized spacial score (nSPS) is 10.4. The van der Waals surface area contributed by atoms with Crippen LogP contribution >= 0.6 is 47.2 Å². The van der Waals surface area contributed by atoms with Gasteiger partial charge < -0.3 is 10.6 Å². The largest absolute Gasteiger partial charge is 0.332 e. The molecule has 0 bridgehead atoms. The number of ketones is 2. The maximum Gasteiger partial charge on any atom is 0.175 e. The number of carbonyl (C=O) groups excluding carboxylic acids is 2. The molecular weight excluding hydrogens is 471 g/mol. The van der Waals surface area contributed by atoms with Gasteiger partial charge >= 0.3 is 0 Å². The number of halogens is 2. The van der Waals surface area contributed by atoms with E-state index in [1.165, 1.54) is 18.7 Å². The summed E-state index contributed by atoms with van der Waals surface area (Å²) in [6, 6.07) is 19.6. The van der Waals surface area contributed by atoms with Crippen molar-refractivity contribution in [3.05, 3.63) is 87.9 Å². The van der Waals surface area contributed by atoms with Crippen molar-refractivity contribution in [2.45, 2.75) is 11.8 Å². The molecule has 3 rings (SSSR count). The molecule has 31 heavy (non-hydrogen) atoms. The zero-order chi connectivity index (χ0) is 22.4. The van der Waals surface area contributed by atoms with Crippen LogP contribution in [0.25, 0.3) is 0 Å². The molecule has 3 aromatic rings. The van der Waals surface area contributed by atoms with Gasteiger partial charge in [-0.15, -0.1) is 11.8 Å². The van der Waals surface area contributed by atoms with Crippen LogP contribution in [-0.4, -0.2) is 22.4 Å². The number of anilines is 2. The van der Waals surface area contributed by atoms with Gasteiger partial charge in [-0.05, 0) is 79.8 Å². The van der Waals surface area contributed by atoms with E-state index in [4.69, 9.17) is 35.4 Å². The standard InChI is InChI=1S/C23H18Cl2N2O2S2/c1-14(28)15-5-8-17(9-6-15)26-23(30)27-18-3-2-4-19(12-18)31-13-22(29)16-7-10-20(24)21(25)11-16/h2-12H,13H2,1H3,(H2,26,27,30). The molecule has 8 heteroatoms. The maximum atomic E-state index is 12.4. The first kappa shape index (κ1) is 23.3. The highest BCUT2D eigenvalue weighted by atomic mass is 35.5. The Balaban J connectivity index is 1.56. The number of Topliss-reactive ketones (excluding diaryl/α,β-unsaturated/α-hetero) is 2. The number of thiocarbonyl (C=S) groups is 1. The monoisotopic (exact) mass is 488 g/mol. The van der Waals surface area contributed by atoms with Crippen molar-refractivity contribution in [1.82, 2.24) is 0 Å². The van der Waals surface area contributed by atoms with Crippen LogP contribution < -0.4 is 10.6 Å². The van der Waals surface area contributed by atoms with Gasteiger partial charge in [-0.1, -0.05) is 29.3 Å². The molecule has 158 valence electrons. The van der Waals surface area contributed by atoms with E-state index >= 15 is 0 Å². The van der Waals surface area contributed by atoms with Gasteiger partial charge in [0, 0.05) is 27.4 Å². The van der Waals surface area contributed by atoms with Crippen molar-refractivity contribution in [1.29, 1.82) is 0 Å². The van der Waals surface area contributed by atoms with Crippen molar-refractivity contribution in [3.63, 3.8) is 0 Å². The summed E-state index contributed by atoms with van der Waals surface area (Å²) < 4.78 is 0. The molecule has 2 N–H and O–H groups in total. The third-order valence-corrected chi connectivity index (χ3v) is 6.19. The van der Waals surface area contributed by atoms with E-state index in [0.717, 1.165) is 16.3 Å². The smallest absolute Gasteiger partial charge is 0.175 e. The Kier molecular flexibility index (Phi) is 8.09. The molecule has 3 aromatic carbocycles. The lowest BCUT2D eigenvalue weighted by atomic mass is 10.1. The van der Waals surface area contributed by atoms with Crippen LogP contribution in [0.15, 0.2) is 71.6 Å². The molecule has 4 nitrogen and oxygen atoms in total. The topological polar surface area (TPSA) is 58.2 Å². The van der Waals surface area contributed by atoms with Crippen molar-refractivity contribution >= 4 is 75.2 Å². The van der Waals surface area contributed by atoms with E-state index in [1.807, 2.05) is 24.3 Å². The maximum absolute atomic E-state index is 12.4. The zero-order valence-corrected chi connectivity index (χ0v) is 19.6. The van der Waals surface area contributed by atoms with Crippen LogP contribution in [0.3, 0.4) is 0 Å². The fourth-order valence-electron chi connectivity index (χ4n) is 2.65. The summed E-state index contributed by atoms with van der Waals surface area (Å²) in [6.45, 7) is 1.53. The van der Waals surface area contributed by atoms with E-state index in [9.17, 15) is 9.59 Å². The van der Waals surface area contributed by atoms with E-state index in [2.05, 4.69) is 10.6 Å². The number of carbonyl (C=O) groups is 2. The number of nitrogens with one attached hydrogen (secondary N) is 2. The molecule has 0 aliphatic rings. The first-order valence-corrected chi connectivity index (χ1v) is 11.4. The lowest BCUT2D eigenvalue weighted by Crippen LogP contribution is -2.19. The molecule has 0 heterocycles. The molecule has 0 saturated heterocycles. The third-order valence-electron chi connectivity index (χ3n) is 4.25. The van der Waals surface area contributed by atoms with Gasteiger partial charge in [0.05, 0.1) is 15.8 Å². The van der Waals surface area contributed by atoms with Gasteiger partial charge in [-0.3, -0.25) is 9.59 Å². The minimum absolute atomic E-state index is 0.0132. The minimum Gasteiger partial charge on any atom is -0.332 e. The Morgan fingerprint density at radius 2 is 1.55 bits per heavy atom. The third kappa shape index (κ3) is 6.80. The van der Waals surface area contributed by atoms with Crippen molar-refractivity contribution in [3.8, 4) is 0 Å². The van der Waals surface area contributed by atoms with Crippen LogP contribution in [0.4, 0.5) is 11.4 Å². The Bertz CT molecular complexity index is 1130. The second-order valence-corrected chi connectivity index (χ2v) is 8.85. The van der Waals surface area contributed by atoms with Gasteiger partial charge in [-0.25, -0.2) is 0 Å². The van der Waals surface area contributed by atoms with E-state index in [1.54, 1.807) is 42.5 Å². The SMILES string of the molecule is CC(=O)c1ccc(NC(=S)Nc2cccc(SCC(=O)c3ccc(Cl)c(Cl)c3)c2)cc1. The van der Waals surface area contributed by atoms with Crippen molar-refractivity contribution < 1.29 is 9.59 Å². The highest BCUT2D eigenvalue weighted by molar-refractivity contribution is 8.00. The lowest BCUT2D eigenvalue weighted by Gasteiger charge is -2.12. The highest BCUT2D eigenvalue weighted by Crippen LogP contribution is 2.26. The van der Waals surface area contributed by atoms with Crippen molar-refractivity contribution in [2.75, 3.05) is 16.4 Å². The average molecular weight is 489 g/mol. The van der Waals surface area contributed by atoms with Gasteiger partial charge in [0.1, 0.15) is 0 Å². The van der Waals surface area contributed by atoms with Gasteiger partial charge in [0.2, 0.25) is 0 Å². The van der Waals surface area contributed by atoms with E-state index in [-0.39, 0.29) is 17.3 Å². The molecule has 0 fully saturated rings. The Morgan fingerprint density at radius 3 is 2.23 bits per heavy atom. The minimum atomic E-state index is -0.0341. The fourth-order valence-corrected chi connectivity index (χ4v) is 4.03. The van der Waals surface area contributed by atoms with Crippen LogP contribution in [0.2, 0.25) is 10.0 Å². The van der Waals surface area contributed by atoms with Gasteiger partial charge in [0.25, 0.3) is 0 Å². The van der Waals surface area contributed by atoms with Crippen molar-refractivity contribution in [2.24, 2.45) is 0 Å². The van der Waals surface area contributed by atoms with Crippen LogP contribution in [0.5, 0.6) is 0 Å². The summed E-state index contributed by atoms with van der Waals surface area (Å²) >= 11 is 18.7. The highest BCUT2D eigenvalue weighted by Gasteiger charge is 2.10. The van der Waals surface area contributed by atoms with Crippen LogP contribution in [0, 0.1) is 0 Å². The zero-order valence-electron chi connectivity index (χ0n) is 16.4. The summed E-state index contributed by atoms with van der Waals surface area (Å²) in [6.07, 6.45) is 0. The quantitative estimate of drug-likeness (QED) is 0.212. The number of hydrogen-bond donors (Lipinski definition) is 2. The molecule has 0 aliphatic carbocycles. The molecule has 0 amide bonds. The first-order valence-electron chi connectivity index (χ1n) is 9.22. The second kappa shape index (κ2) is 10.8. The summed E-state index contributed by atoms with van der Waals surface area (Å²) in [5.41, 5.74) is 2.74. The molecule has 0 radical (unpaired) electrons. The van der Waals surface area contributed by atoms with E-state index in [0.29, 0.717) is 26.3 Å². The number of hydrogen-bond acceptors (Lipinski definition) is 4. The number of rotatable bonds is 7. The number of benzene rings is 3. The first-order chi connectivity index (χ1) is 14.8. The Hall–Kier alpha value is -2.38. The predicted molar refractivity (Wildman–Crippen MR) is 134 cm³/mol. The molecule has 0 atom stereocenters. The van der Waals surface area contributed by atoms with Gasteiger partial charge in [-0.2, -0.15) is 0 Å². The Labute approximate surface area is 200 Å². The van der Waals surface area contributed by atoms with Gasteiger partial charge in [0.15, 0.2) is 16.7 Å². The molecule has 0 aromatic heterocycles. The Morgan fingerprint density at radius 1 is 0.871 bits per heavy atom. The summed E-state index contributed by atoms with van der Waals surface area (Å²) in [4.78, 5) is 24.7. The summed E-state index contributed by atoms with van der Waals surface area (Å²) in [5.74, 6) is 0.249. The van der Waals surface area contributed by atoms with Crippen LogP contribution in [0.1, 0.15) is 27.6 Å². The average Bonchev–Trinajstić information content (AvgIpc) is 2.74. The number of thioether (sulfide) groups is 1. The molecule has 0 spiro atoms. The van der Waals surface area contributed by atoms with Crippen LogP contribution in [-0.2, 0) is 0 Å². The molecule has 0 unspecified atom stereocenters. The molecule has 0 aliphatic heterocycles. The second-order valence-electron chi connectivity index (χ2n) is 6.58. The summed E-state index contributed by atoms with van der Waals surface area (Å²) in [5, 5.41) is 7.41. The molecule has 0 saturated carbocycles. The lowest BCUT2D eigenvalue weighted by molar-refractivity contribution is 0.101. The predicted octanol–water partition coefficient (Wildman–Crippen LogP) is 6.98. The fraction of sp³-hybridized carbons (Fsp3) is 0.0870. The van der Waals surface area contributed by atoms with E-state index < -0.39 is 0 Å². The summed E-state index contributed by atoms with van der Waals surface area (Å²) in [7, 11) is 0.